The van der Waals surface area contributed by atoms with Crippen LogP contribution in [0.2, 0.25) is 0 Å². The minimum absolute atomic E-state index is 0.0184. The quantitative estimate of drug-likeness (QED) is 0.458. The predicted molar refractivity (Wildman–Crippen MR) is 128 cm³/mol. The normalized spacial score (nSPS) is 16.4. The van der Waals surface area contributed by atoms with E-state index in [2.05, 4.69) is 9.97 Å². The summed E-state index contributed by atoms with van der Waals surface area (Å²) < 4.78 is 16.0. The van der Waals surface area contributed by atoms with Gasteiger partial charge >= 0.3 is 0 Å². The van der Waals surface area contributed by atoms with Crippen LogP contribution in [-0.4, -0.2) is 29.7 Å². The maximum absolute atomic E-state index is 13.0. The van der Waals surface area contributed by atoms with Gasteiger partial charge in [-0.05, 0) is 54.3 Å². The van der Waals surface area contributed by atoms with E-state index in [9.17, 15) is 9.59 Å². The summed E-state index contributed by atoms with van der Waals surface area (Å²) in [6.45, 7) is 0.207. The van der Waals surface area contributed by atoms with E-state index < -0.39 is 0 Å². The Labute approximate surface area is 199 Å². The molecule has 170 valence electrons. The average molecular weight is 473 g/mol. The molecule has 1 aliphatic heterocycles. The van der Waals surface area contributed by atoms with Gasteiger partial charge in [0.15, 0.2) is 17.3 Å². The molecule has 3 heterocycles. The number of carbonyl (C=O) groups is 1. The number of Topliss-reactive ketones (excluding diaryl/α,β-unsaturated/α-hetero) is 1. The molecule has 7 nitrogen and oxygen atoms in total. The van der Waals surface area contributed by atoms with Crippen molar-refractivity contribution >= 4 is 17.1 Å². The zero-order valence-corrected chi connectivity index (χ0v) is 19.1. The summed E-state index contributed by atoms with van der Waals surface area (Å²) >= 11 is 1.37. The van der Waals surface area contributed by atoms with E-state index in [4.69, 9.17) is 14.2 Å². The predicted octanol–water partition coefficient (Wildman–Crippen LogP) is 4.82. The van der Waals surface area contributed by atoms with Crippen LogP contribution in [0.25, 0.3) is 21.8 Å². The molecule has 6 rings (SSSR count). The van der Waals surface area contributed by atoms with Gasteiger partial charge in [0.25, 0.3) is 5.56 Å². The molecule has 0 radical (unpaired) electrons. The highest BCUT2D eigenvalue weighted by Gasteiger charge is 2.28. The molecule has 34 heavy (non-hydrogen) atoms. The number of aromatic nitrogens is 2. The fourth-order valence-corrected chi connectivity index (χ4v) is 5.33. The fourth-order valence-electron chi connectivity index (χ4n) is 4.49. The number of hydrogen-bond acceptors (Lipinski definition) is 7. The third-order valence-corrected chi connectivity index (χ3v) is 7.17. The van der Waals surface area contributed by atoms with E-state index in [1.54, 1.807) is 13.2 Å². The molecule has 4 aromatic rings. The third-order valence-electron chi connectivity index (χ3n) is 6.30. The van der Waals surface area contributed by atoms with Crippen LogP contribution in [0, 0.1) is 0 Å². The van der Waals surface area contributed by atoms with Crippen LogP contribution >= 0.6 is 11.3 Å². The molecular formula is C26H20N2O5S. The van der Waals surface area contributed by atoms with Gasteiger partial charge in [-0.2, -0.15) is 0 Å². The van der Waals surface area contributed by atoms with Crippen LogP contribution in [0.15, 0.2) is 58.7 Å². The van der Waals surface area contributed by atoms with Crippen LogP contribution in [0.1, 0.15) is 34.0 Å². The Kier molecular flexibility index (Phi) is 4.95. The highest BCUT2D eigenvalue weighted by molar-refractivity contribution is 7.13. The number of fused-ring (bicyclic) bond motifs is 2. The largest absolute Gasteiger partial charge is 0.497 e. The van der Waals surface area contributed by atoms with Crippen LogP contribution in [0.4, 0.5) is 0 Å². The van der Waals surface area contributed by atoms with E-state index in [1.165, 1.54) is 11.3 Å². The van der Waals surface area contributed by atoms with Crippen molar-refractivity contribution < 1.29 is 19.0 Å². The number of benzene rings is 2. The van der Waals surface area contributed by atoms with Gasteiger partial charge in [0.2, 0.25) is 6.79 Å². The molecule has 2 aromatic carbocycles. The summed E-state index contributed by atoms with van der Waals surface area (Å²) in [6.07, 6.45) is 0.994. The van der Waals surface area contributed by atoms with Gasteiger partial charge in [-0.25, -0.2) is 4.98 Å². The number of nitrogens with one attached hydrogen (secondary N) is 1. The number of hydrogen-bond donors (Lipinski definition) is 1. The van der Waals surface area contributed by atoms with Crippen molar-refractivity contribution in [3.8, 4) is 39.1 Å². The van der Waals surface area contributed by atoms with E-state index in [-0.39, 0.29) is 24.1 Å². The zero-order chi connectivity index (χ0) is 23.2. The Morgan fingerprint density at radius 3 is 2.65 bits per heavy atom. The number of nitrogens with zero attached hydrogens (tertiary/aromatic N) is 1. The van der Waals surface area contributed by atoms with Gasteiger partial charge in [0.05, 0.1) is 18.4 Å². The van der Waals surface area contributed by atoms with E-state index in [0.717, 1.165) is 22.6 Å². The molecule has 0 saturated heterocycles. The van der Waals surface area contributed by atoms with Crippen LogP contribution in [0.5, 0.6) is 17.2 Å². The standard InChI is InChI=1S/C26H20N2O5S/c1-31-17-5-2-14(3-6-17)16-8-20-18(22(29)9-16)11-19(25(30)27-20)26-28-21(12-34-26)15-4-7-23-24(10-15)33-13-32-23/h2-7,10-12,16H,8-9,13H2,1H3,(H,27,30)/t16-/m1/s1. The number of thiazole rings is 1. The molecular weight excluding hydrogens is 452 g/mol. The van der Waals surface area contributed by atoms with Crippen LogP contribution < -0.4 is 19.8 Å². The fraction of sp³-hybridized carbons (Fsp3) is 0.192. The molecule has 1 atom stereocenters. The van der Waals surface area contributed by atoms with Gasteiger partial charge in [-0.3, -0.25) is 9.59 Å². The van der Waals surface area contributed by atoms with Gasteiger partial charge in [-0.15, -0.1) is 11.3 Å². The number of aromatic amines is 1. The maximum Gasteiger partial charge on any atom is 0.258 e. The first-order valence-electron chi connectivity index (χ1n) is 10.9. The minimum atomic E-state index is -0.242. The lowest BCUT2D eigenvalue weighted by Crippen LogP contribution is -2.24. The topological polar surface area (TPSA) is 90.5 Å². The van der Waals surface area contributed by atoms with Crippen molar-refractivity contribution in [2.75, 3.05) is 13.9 Å². The lowest BCUT2D eigenvalue weighted by Gasteiger charge is -2.24. The average Bonchev–Trinajstić information content (AvgIpc) is 3.53. The number of carbonyl (C=O) groups excluding carboxylic acids is 1. The van der Waals surface area contributed by atoms with Gasteiger partial charge in [-0.1, -0.05) is 12.1 Å². The van der Waals surface area contributed by atoms with Crippen molar-refractivity contribution in [2.45, 2.75) is 18.8 Å². The first-order chi connectivity index (χ1) is 16.6. The van der Waals surface area contributed by atoms with Crippen molar-refractivity contribution in [1.82, 2.24) is 9.97 Å². The zero-order valence-electron chi connectivity index (χ0n) is 18.3. The Hall–Kier alpha value is -3.91. The third kappa shape index (κ3) is 3.56. The Morgan fingerprint density at radius 1 is 1.00 bits per heavy atom. The molecule has 2 aromatic heterocycles. The Morgan fingerprint density at radius 2 is 1.82 bits per heavy atom. The molecule has 0 fully saturated rings. The number of rotatable bonds is 4. The first-order valence-corrected chi connectivity index (χ1v) is 11.8. The van der Waals surface area contributed by atoms with Crippen molar-refractivity contribution in [3.05, 3.63) is 81.1 Å². The summed E-state index contributed by atoms with van der Waals surface area (Å²) in [5.41, 5.74) is 4.08. The molecule has 0 amide bonds. The Bertz CT molecular complexity index is 1470. The monoisotopic (exact) mass is 472 g/mol. The molecule has 0 bridgehead atoms. The summed E-state index contributed by atoms with van der Waals surface area (Å²) in [4.78, 5) is 33.6. The number of methoxy groups -OCH3 is 1. The minimum Gasteiger partial charge on any atom is -0.497 e. The SMILES string of the molecule is COc1ccc([C@H]2CC(=O)c3cc(-c4nc(-c5ccc6c(c5)OCO6)cs4)c(=O)[nH]c3C2)cc1. The molecule has 2 aliphatic rings. The summed E-state index contributed by atoms with van der Waals surface area (Å²) in [5, 5.41) is 2.47. The summed E-state index contributed by atoms with van der Waals surface area (Å²) in [7, 11) is 1.62. The highest BCUT2D eigenvalue weighted by Crippen LogP contribution is 2.38. The second-order valence-electron chi connectivity index (χ2n) is 8.31. The summed E-state index contributed by atoms with van der Waals surface area (Å²) in [6, 6.07) is 15.1. The van der Waals surface area contributed by atoms with Crippen molar-refractivity contribution in [1.29, 1.82) is 0 Å². The van der Waals surface area contributed by atoms with Crippen molar-refractivity contribution in [3.63, 3.8) is 0 Å². The van der Waals surface area contributed by atoms with E-state index >= 15 is 0 Å². The maximum atomic E-state index is 13.0. The highest BCUT2D eigenvalue weighted by atomic mass is 32.1. The number of ether oxygens (including phenoxy) is 3. The second kappa shape index (κ2) is 8.14. The number of pyridine rings is 1. The first kappa shape index (κ1) is 20.7. The lowest BCUT2D eigenvalue weighted by atomic mass is 9.81. The number of H-pyrrole nitrogens is 1. The lowest BCUT2D eigenvalue weighted by molar-refractivity contribution is 0.0963. The van der Waals surface area contributed by atoms with Gasteiger partial charge in [0, 0.05) is 28.6 Å². The molecule has 1 aliphatic carbocycles. The molecule has 8 heteroatoms. The molecule has 0 saturated carbocycles. The van der Waals surface area contributed by atoms with Crippen LogP contribution in [-0.2, 0) is 6.42 Å². The molecule has 0 unspecified atom stereocenters. The van der Waals surface area contributed by atoms with Crippen LogP contribution in [0.3, 0.4) is 0 Å². The van der Waals surface area contributed by atoms with E-state index in [0.29, 0.717) is 46.2 Å². The smallest absolute Gasteiger partial charge is 0.258 e. The van der Waals surface area contributed by atoms with Crippen molar-refractivity contribution in [2.24, 2.45) is 0 Å². The Balaban J connectivity index is 1.30. The molecule has 0 spiro atoms. The van der Waals surface area contributed by atoms with Gasteiger partial charge < -0.3 is 19.2 Å². The molecule has 1 N–H and O–H groups in total. The second-order valence-corrected chi connectivity index (χ2v) is 9.17. The summed E-state index contributed by atoms with van der Waals surface area (Å²) in [5.74, 6) is 2.19. The van der Waals surface area contributed by atoms with E-state index in [1.807, 2.05) is 47.8 Å². The number of ketones is 1. The van der Waals surface area contributed by atoms with Gasteiger partial charge in [0.1, 0.15) is 10.8 Å².